The molecular weight excluding hydrogens is 242 g/mol. The molecule has 0 saturated heterocycles. The summed E-state index contributed by atoms with van der Waals surface area (Å²) in [6.07, 6.45) is 6.71. The maximum absolute atomic E-state index is 5.39. The van der Waals surface area contributed by atoms with Crippen molar-refractivity contribution >= 4 is 11.3 Å². The van der Waals surface area contributed by atoms with Crippen molar-refractivity contribution < 1.29 is 4.74 Å². The fourth-order valence-corrected chi connectivity index (χ4v) is 3.73. The van der Waals surface area contributed by atoms with E-state index in [0.29, 0.717) is 6.04 Å². The predicted octanol–water partition coefficient (Wildman–Crippen LogP) is 4.00. The van der Waals surface area contributed by atoms with E-state index in [1.54, 1.807) is 0 Å². The zero-order chi connectivity index (χ0) is 12.6. The summed E-state index contributed by atoms with van der Waals surface area (Å²) in [6, 6.07) is 5.03. The molecule has 102 valence electrons. The Morgan fingerprint density at radius 1 is 1.44 bits per heavy atom. The highest BCUT2D eigenvalue weighted by Crippen LogP contribution is 2.37. The van der Waals surface area contributed by atoms with Crippen molar-refractivity contribution in [1.29, 1.82) is 0 Å². The molecule has 1 aromatic heterocycles. The molecule has 3 heteroatoms. The van der Waals surface area contributed by atoms with Gasteiger partial charge in [-0.25, -0.2) is 0 Å². The molecule has 2 nitrogen and oxygen atoms in total. The Balaban J connectivity index is 1.81. The van der Waals surface area contributed by atoms with Gasteiger partial charge in [0.05, 0.1) is 0 Å². The highest BCUT2D eigenvalue weighted by atomic mass is 32.1. The Kier molecular flexibility index (Phi) is 6.18. The smallest absolute Gasteiger partial charge is 0.0477 e. The Hall–Kier alpha value is -0.380. The molecule has 0 aromatic carbocycles. The molecule has 1 N–H and O–H groups in total. The third kappa shape index (κ3) is 4.08. The minimum absolute atomic E-state index is 0.578. The zero-order valence-electron chi connectivity index (χ0n) is 11.4. The molecule has 0 bridgehead atoms. The summed E-state index contributed by atoms with van der Waals surface area (Å²) in [5, 5.41) is 5.95. The van der Waals surface area contributed by atoms with Crippen LogP contribution in [0.5, 0.6) is 0 Å². The van der Waals surface area contributed by atoms with E-state index < -0.39 is 0 Å². The quantitative estimate of drug-likeness (QED) is 0.719. The van der Waals surface area contributed by atoms with E-state index in [2.05, 4.69) is 29.8 Å². The number of rotatable bonds is 8. The molecule has 1 unspecified atom stereocenters. The maximum Gasteiger partial charge on any atom is 0.0477 e. The SMILES string of the molecule is CCOCCCNC(c1cccs1)C1CCCC1. The minimum Gasteiger partial charge on any atom is -0.382 e. The fourth-order valence-electron chi connectivity index (χ4n) is 2.83. The van der Waals surface area contributed by atoms with Crippen LogP contribution in [0.4, 0.5) is 0 Å². The number of hydrogen-bond donors (Lipinski definition) is 1. The topological polar surface area (TPSA) is 21.3 Å². The van der Waals surface area contributed by atoms with Crippen molar-refractivity contribution in [3.63, 3.8) is 0 Å². The molecular formula is C15H25NOS. The second-order valence-electron chi connectivity index (χ2n) is 5.04. The molecule has 1 aliphatic rings. The first-order valence-electron chi connectivity index (χ1n) is 7.26. The maximum atomic E-state index is 5.39. The molecule has 18 heavy (non-hydrogen) atoms. The minimum atomic E-state index is 0.578. The lowest BCUT2D eigenvalue weighted by Gasteiger charge is -2.24. The van der Waals surface area contributed by atoms with Gasteiger partial charge in [0.25, 0.3) is 0 Å². The number of thiophene rings is 1. The summed E-state index contributed by atoms with van der Waals surface area (Å²) in [7, 11) is 0. The van der Waals surface area contributed by atoms with E-state index in [9.17, 15) is 0 Å². The Bertz CT molecular complexity index is 306. The van der Waals surface area contributed by atoms with Crippen LogP contribution in [-0.2, 0) is 4.74 Å². The van der Waals surface area contributed by atoms with E-state index >= 15 is 0 Å². The van der Waals surface area contributed by atoms with Crippen molar-refractivity contribution in [2.75, 3.05) is 19.8 Å². The lowest BCUT2D eigenvalue weighted by atomic mass is 9.96. The van der Waals surface area contributed by atoms with Gasteiger partial charge in [-0.3, -0.25) is 0 Å². The van der Waals surface area contributed by atoms with Crippen molar-refractivity contribution in [1.82, 2.24) is 5.32 Å². The van der Waals surface area contributed by atoms with Gasteiger partial charge in [0.1, 0.15) is 0 Å². The number of ether oxygens (including phenoxy) is 1. The van der Waals surface area contributed by atoms with E-state index in [1.165, 1.54) is 30.6 Å². The first kappa shape index (κ1) is 14.0. The summed E-state index contributed by atoms with van der Waals surface area (Å²) in [5.74, 6) is 0.843. The molecule has 2 rings (SSSR count). The summed E-state index contributed by atoms with van der Waals surface area (Å²) < 4.78 is 5.39. The fraction of sp³-hybridized carbons (Fsp3) is 0.733. The second-order valence-corrected chi connectivity index (χ2v) is 6.02. The molecule has 0 radical (unpaired) electrons. The molecule has 1 saturated carbocycles. The second kappa shape index (κ2) is 7.93. The van der Waals surface area contributed by atoms with Crippen LogP contribution in [0.25, 0.3) is 0 Å². The third-order valence-electron chi connectivity index (χ3n) is 3.75. The van der Waals surface area contributed by atoms with Crippen molar-refractivity contribution in [2.45, 2.75) is 45.1 Å². The van der Waals surface area contributed by atoms with Crippen LogP contribution < -0.4 is 5.32 Å². The van der Waals surface area contributed by atoms with E-state index in [4.69, 9.17) is 4.74 Å². The lowest BCUT2D eigenvalue weighted by Crippen LogP contribution is -2.28. The van der Waals surface area contributed by atoms with Gasteiger partial charge in [-0.2, -0.15) is 0 Å². The van der Waals surface area contributed by atoms with Crippen LogP contribution in [0.3, 0.4) is 0 Å². The average molecular weight is 267 g/mol. The van der Waals surface area contributed by atoms with Gasteiger partial charge in [0.2, 0.25) is 0 Å². The predicted molar refractivity (Wildman–Crippen MR) is 78.1 cm³/mol. The van der Waals surface area contributed by atoms with Gasteiger partial charge in [-0.1, -0.05) is 18.9 Å². The summed E-state index contributed by atoms with van der Waals surface area (Å²) in [5.41, 5.74) is 0. The van der Waals surface area contributed by atoms with Crippen molar-refractivity contribution in [2.24, 2.45) is 5.92 Å². The van der Waals surface area contributed by atoms with Crippen LogP contribution in [0.15, 0.2) is 17.5 Å². The summed E-state index contributed by atoms with van der Waals surface area (Å²) in [6.45, 7) is 4.84. The van der Waals surface area contributed by atoms with E-state index in [1.807, 2.05) is 11.3 Å². The molecule has 0 aliphatic heterocycles. The normalized spacial score (nSPS) is 18.3. The molecule has 1 aromatic rings. The van der Waals surface area contributed by atoms with Crippen LogP contribution in [-0.4, -0.2) is 19.8 Å². The molecule has 1 heterocycles. The number of nitrogens with one attached hydrogen (secondary N) is 1. The largest absolute Gasteiger partial charge is 0.382 e. The van der Waals surface area contributed by atoms with Gasteiger partial charge in [-0.15, -0.1) is 11.3 Å². The molecule has 0 spiro atoms. The molecule has 1 atom stereocenters. The van der Waals surface area contributed by atoms with E-state index in [0.717, 1.165) is 32.1 Å². The monoisotopic (exact) mass is 267 g/mol. The van der Waals surface area contributed by atoms with Gasteiger partial charge in [-0.05, 0) is 50.1 Å². The molecule has 1 fully saturated rings. The van der Waals surface area contributed by atoms with Gasteiger partial charge in [0.15, 0.2) is 0 Å². The van der Waals surface area contributed by atoms with Crippen LogP contribution in [0, 0.1) is 5.92 Å². The van der Waals surface area contributed by atoms with E-state index in [-0.39, 0.29) is 0 Å². The first-order valence-corrected chi connectivity index (χ1v) is 8.14. The van der Waals surface area contributed by atoms with Crippen molar-refractivity contribution in [3.8, 4) is 0 Å². The van der Waals surface area contributed by atoms with Gasteiger partial charge in [0, 0.05) is 24.1 Å². The number of hydrogen-bond acceptors (Lipinski definition) is 3. The lowest BCUT2D eigenvalue weighted by molar-refractivity contribution is 0.143. The van der Waals surface area contributed by atoms with Crippen molar-refractivity contribution in [3.05, 3.63) is 22.4 Å². The zero-order valence-corrected chi connectivity index (χ0v) is 12.2. The summed E-state index contributed by atoms with van der Waals surface area (Å²) in [4.78, 5) is 1.51. The van der Waals surface area contributed by atoms with Crippen LogP contribution in [0.2, 0.25) is 0 Å². The summed E-state index contributed by atoms with van der Waals surface area (Å²) >= 11 is 1.89. The van der Waals surface area contributed by atoms with Gasteiger partial charge >= 0.3 is 0 Å². The molecule has 0 amide bonds. The average Bonchev–Trinajstić information content (AvgIpc) is 3.06. The highest BCUT2D eigenvalue weighted by Gasteiger charge is 2.26. The Morgan fingerprint density at radius 3 is 2.94 bits per heavy atom. The first-order chi connectivity index (χ1) is 8.92. The standard InChI is InChI=1S/C15H25NOS/c1-2-17-11-6-10-16-15(13-7-3-4-8-13)14-9-5-12-18-14/h5,9,12-13,15-16H,2-4,6-8,10-11H2,1H3. The van der Waals surface area contributed by atoms with Gasteiger partial charge < -0.3 is 10.1 Å². The van der Waals surface area contributed by atoms with Crippen LogP contribution in [0.1, 0.15) is 49.9 Å². The highest BCUT2D eigenvalue weighted by molar-refractivity contribution is 7.10. The third-order valence-corrected chi connectivity index (χ3v) is 4.71. The Labute approximate surface area is 115 Å². The van der Waals surface area contributed by atoms with Crippen LogP contribution >= 0.6 is 11.3 Å². The molecule has 1 aliphatic carbocycles. The Morgan fingerprint density at radius 2 is 2.28 bits per heavy atom.